The molecule has 0 aliphatic heterocycles. The zero-order chi connectivity index (χ0) is 14.5. The van der Waals surface area contributed by atoms with Gasteiger partial charge in [-0.15, -0.1) is 0 Å². The van der Waals surface area contributed by atoms with Crippen LogP contribution >= 0.6 is 0 Å². The zero-order valence-corrected chi connectivity index (χ0v) is 12.1. The molecule has 0 fully saturated rings. The second-order valence-corrected chi connectivity index (χ2v) is 4.82. The summed E-state index contributed by atoms with van der Waals surface area (Å²) in [6.45, 7) is 4.21. The Bertz CT molecular complexity index is 577. The van der Waals surface area contributed by atoms with Gasteiger partial charge < -0.3 is 10.6 Å². The summed E-state index contributed by atoms with van der Waals surface area (Å²) in [6, 6.07) is 9.63. The Balaban J connectivity index is 1.87. The van der Waals surface area contributed by atoms with Crippen molar-refractivity contribution in [1.29, 1.82) is 0 Å². The number of anilines is 1. The van der Waals surface area contributed by atoms with E-state index >= 15 is 0 Å². The molecule has 106 valence electrons. The lowest BCUT2D eigenvalue weighted by molar-refractivity contribution is -0.120. The van der Waals surface area contributed by atoms with Crippen LogP contribution in [0.5, 0.6) is 0 Å². The van der Waals surface area contributed by atoms with Crippen molar-refractivity contribution in [2.24, 2.45) is 7.05 Å². The van der Waals surface area contributed by atoms with Gasteiger partial charge in [0, 0.05) is 24.0 Å². The fraction of sp³-hybridized carbons (Fsp3) is 0.333. The molecule has 20 heavy (non-hydrogen) atoms. The van der Waals surface area contributed by atoms with Crippen molar-refractivity contribution in [3.8, 4) is 0 Å². The molecular formula is C15H20N4O. The largest absolute Gasteiger partial charge is 0.376 e. The third-order valence-corrected chi connectivity index (χ3v) is 3.34. The van der Waals surface area contributed by atoms with Gasteiger partial charge in [-0.1, -0.05) is 18.2 Å². The van der Waals surface area contributed by atoms with Gasteiger partial charge in [0.1, 0.15) is 0 Å². The molecule has 1 aromatic carbocycles. The predicted molar refractivity (Wildman–Crippen MR) is 79.4 cm³/mol. The Kier molecular flexibility index (Phi) is 4.40. The Morgan fingerprint density at radius 1 is 1.35 bits per heavy atom. The van der Waals surface area contributed by atoms with Crippen molar-refractivity contribution in [1.82, 2.24) is 15.1 Å². The minimum atomic E-state index is -0.0474. The Labute approximate surface area is 119 Å². The molecule has 0 aliphatic rings. The van der Waals surface area contributed by atoms with Crippen molar-refractivity contribution in [3.05, 3.63) is 47.8 Å². The number of benzene rings is 1. The molecule has 2 aromatic rings. The topological polar surface area (TPSA) is 59.0 Å². The first-order valence-electron chi connectivity index (χ1n) is 6.64. The fourth-order valence-electron chi connectivity index (χ4n) is 2.05. The van der Waals surface area contributed by atoms with E-state index in [1.807, 2.05) is 51.2 Å². The lowest BCUT2D eigenvalue weighted by atomic mass is 10.1. The van der Waals surface area contributed by atoms with Crippen molar-refractivity contribution < 1.29 is 4.79 Å². The average Bonchev–Trinajstić information content (AvgIpc) is 2.78. The fourth-order valence-corrected chi connectivity index (χ4v) is 2.05. The molecule has 1 aromatic heterocycles. The lowest BCUT2D eigenvalue weighted by Crippen LogP contribution is -2.32. The maximum absolute atomic E-state index is 11.9. The van der Waals surface area contributed by atoms with Crippen LogP contribution in [0.3, 0.4) is 0 Å². The van der Waals surface area contributed by atoms with E-state index in [2.05, 4.69) is 15.7 Å². The van der Waals surface area contributed by atoms with Crippen molar-refractivity contribution in [2.75, 3.05) is 11.9 Å². The smallest absolute Gasteiger partial charge is 0.239 e. The number of carbonyl (C=O) groups is 1. The van der Waals surface area contributed by atoms with Crippen LogP contribution in [-0.2, 0) is 11.8 Å². The first-order chi connectivity index (χ1) is 9.58. The molecule has 0 saturated heterocycles. The minimum absolute atomic E-state index is 0.0374. The summed E-state index contributed by atoms with van der Waals surface area (Å²) < 4.78 is 1.81. The van der Waals surface area contributed by atoms with Gasteiger partial charge in [-0.05, 0) is 26.0 Å². The van der Waals surface area contributed by atoms with E-state index in [0.29, 0.717) is 0 Å². The number of nitrogens with zero attached hydrogens (tertiary/aromatic N) is 2. The van der Waals surface area contributed by atoms with Crippen molar-refractivity contribution in [2.45, 2.75) is 19.9 Å². The third-order valence-electron chi connectivity index (χ3n) is 3.34. The second-order valence-electron chi connectivity index (χ2n) is 4.82. The quantitative estimate of drug-likeness (QED) is 0.875. The highest BCUT2D eigenvalue weighted by Gasteiger charge is 2.14. The Morgan fingerprint density at radius 2 is 2.05 bits per heavy atom. The molecule has 0 saturated carbocycles. The molecule has 1 amide bonds. The van der Waals surface area contributed by atoms with E-state index in [-0.39, 0.29) is 18.5 Å². The minimum Gasteiger partial charge on any atom is -0.376 e. The molecule has 0 aliphatic carbocycles. The number of amides is 1. The van der Waals surface area contributed by atoms with Crippen LogP contribution in [0, 0.1) is 6.92 Å². The third kappa shape index (κ3) is 3.38. The normalized spacial score (nSPS) is 11.9. The van der Waals surface area contributed by atoms with Crippen LogP contribution in [0.15, 0.2) is 36.5 Å². The summed E-state index contributed by atoms with van der Waals surface area (Å²) in [5.74, 6) is -0.0374. The Hall–Kier alpha value is -2.30. The molecule has 2 rings (SSSR count). The maximum atomic E-state index is 11.9. The van der Waals surface area contributed by atoms with Crippen LogP contribution in [0.25, 0.3) is 0 Å². The highest BCUT2D eigenvalue weighted by molar-refractivity contribution is 5.81. The molecule has 5 nitrogen and oxygen atoms in total. The Morgan fingerprint density at radius 3 is 2.65 bits per heavy atom. The van der Waals surface area contributed by atoms with Gasteiger partial charge in [-0.3, -0.25) is 9.48 Å². The van der Waals surface area contributed by atoms with E-state index < -0.39 is 0 Å². The number of rotatable bonds is 5. The van der Waals surface area contributed by atoms with Crippen LogP contribution in [0.1, 0.15) is 24.2 Å². The summed E-state index contributed by atoms with van der Waals surface area (Å²) in [5.41, 5.74) is 3.04. The van der Waals surface area contributed by atoms with E-state index in [0.717, 1.165) is 16.9 Å². The van der Waals surface area contributed by atoms with Crippen LogP contribution in [-0.4, -0.2) is 22.2 Å². The number of carbonyl (C=O) groups excluding carboxylic acids is 1. The monoisotopic (exact) mass is 272 g/mol. The first kappa shape index (κ1) is 14.1. The number of para-hydroxylation sites is 1. The van der Waals surface area contributed by atoms with Crippen molar-refractivity contribution >= 4 is 11.6 Å². The molecule has 0 spiro atoms. The van der Waals surface area contributed by atoms with Crippen molar-refractivity contribution in [3.63, 3.8) is 0 Å². The number of hydrogen-bond donors (Lipinski definition) is 2. The van der Waals surface area contributed by atoms with Gasteiger partial charge in [0.25, 0.3) is 0 Å². The summed E-state index contributed by atoms with van der Waals surface area (Å²) in [6.07, 6.45) is 1.80. The molecule has 2 N–H and O–H groups in total. The van der Waals surface area contributed by atoms with Crippen LogP contribution < -0.4 is 10.6 Å². The summed E-state index contributed by atoms with van der Waals surface area (Å²) >= 11 is 0. The molecular weight excluding hydrogens is 252 g/mol. The SMILES string of the molecule is Cc1c(C(C)NC(=O)CNc2ccccc2)cnn1C. The lowest BCUT2D eigenvalue weighted by Gasteiger charge is -2.14. The van der Waals surface area contributed by atoms with Crippen LogP contribution in [0.2, 0.25) is 0 Å². The molecule has 0 bridgehead atoms. The zero-order valence-electron chi connectivity index (χ0n) is 12.1. The molecule has 0 radical (unpaired) electrons. The average molecular weight is 272 g/mol. The second kappa shape index (κ2) is 6.23. The number of aromatic nitrogens is 2. The van der Waals surface area contributed by atoms with Gasteiger partial charge in [0.15, 0.2) is 0 Å². The molecule has 1 heterocycles. The van der Waals surface area contributed by atoms with E-state index in [9.17, 15) is 4.79 Å². The van der Waals surface area contributed by atoms with E-state index in [1.54, 1.807) is 10.9 Å². The summed E-state index contributed by atoms with van der Waals surface area (Å²) in [5, 5.41) is 10.2. The summed E-state index contributed by atoms with van der Waals surface area (Å²) in [7, 11) is 1.89. The van der Waals surface area contributed by atoms with E-state index in [1.165, 1.54) is 0 Å². The number of nitrogens with one attached hydrogen (secondary N) is 2. The molecule has 1 atom stereocenters. The molecule has 5 heteroatoms. The van der Waals surface area contributed by atoms with Gasteiger partial charge in [-0.2, -0.15) is 5.10 Å². The van der Waals surface area contributed by atoms with Gasteiger partial charge in [0.2, 0.25) is 5.91 Å². The highest BCUT2D eigenvalue weighted by atomic mass is 16.1. The number of hydrogen-bond acceptors (Lipinski definition) is 3. The maximum Gasteiger partial charge on any atom is 0.239 e. The van der Waals surface area contributed by atoms with E-state index in [4.69, 9.17) is 0 Å². The van der Waals surface area contributed by atoms with Gasteiger partial charge >= 0.3 is 0 Å². The highest BCUT2D eigenvalue weighted by Crippen LogP contribution is 2.15. The summed E-state index contributed by atoms with van der Waals surface area (Å²) in [4.78, 5) is 11.9. The molecule has 1 unspecified atom stereocenters. The van der Waals surface area contributed by atoms with Gasteiger partial charge in [-0.25, -0.2) is 0 Å². The van der Waals surface area contributed by atoms with Gasteiger partial charge in [0.05, 0.1) is 18.8 Å². The first-order valence-corrected chi connectivity index (χ1v) is 6.64. The number of aryl methyl sites for hydroxylation is 1. The van der Waals surface area contributed by atoms with Crippen LogP contribution in [0.4, 0.5) is 5.69 Å². The predicted octanol–water partition coefficient (Wildman–Crippen LogP) is 2.02. The standard InChI is InChI=1S/C15H20N4O/c1-11(14-9-17-19(3)12(14)2)18-15(20)10-16-13-7-5-4-6-8-13/h4-9,11,16H,10H2,1-3H3,(H,18,20).